The Hall–Kier alpha value is -1.33. The zero-order chi connectivity index (χ0) is 14.1. The predicted molar refractivity (Wildman–Crippen MR) is 89.5 cm³/mol. The second-order valence-corrected chi connectivity index (χ2v) is 6.75. The highest BCUT2D eigenvalue weighted by atomic mass is 79.9. The molecule has 1 unspecified atom stereocenters. The van der Waals surface area contributed by atoms with E-state index in [1.165, 1.54) is 9.75 Å². The number of aryl methyl sites for hydroxylation is 1. The van der Waals surface area contributed by atoms with Crippen LogP contribution in [0.2, 0.25) is 0 Å². The number of para-hydroxylation sites is 1. The van der Waals surface area contributed by atoms with Gasteiger partial charge in [-0.05, 0) is 46.6 Å². The monoisotopic (exact) mass is 349 g/mol. The third-order valence-corrected chi connectivity index (χ3v) is 5.46. The van der Waals surface area contributed by atoms with Gasteiger partial charge in [0.1, 0.15) is 0 Å². The van der Waals surface area contributed by atoms with Crippen molar-refractivity contribution in [2.75, 3.05) is 11.4 Å². The number of aliphatic imine (C=N–C) groups is 1. The Balaban J connectivity index is 1.98. The minimum atomic E-state index is 0.207. The number of anilines is 1. The fourth-order valence-corrected chi connectivity index (χ4v) is 3.93. The van der Waals surface area contributed by atoms with Gasteiger partial charge in [0.05, 0.1) is 18.3 Å². The summed E-state index contributed by atoms with van der Waals surface area (Å²) < 4.78 is 1.04. The van der Waals surface area contributed by atoms with Crippen LogP contribution in [0.5, 0.6) is 0 Å². The highest BCUT2D eigenvalue weighted by Crippen LogP contribution is 2.37. The number of rotatable bonds is 3. The molecule has 2 heterocycles. The van der Waals surface area contributed by atoms with Gasteiger partial charge in [0.15, 0.2) is 5.96 Å². The molecule has 0 bridgehead atoms. The average molecular weight is 350 g/mol. The predicted octanol–water partition coefficient (Wildman–Crippen LogP) is 3.95. The van der Waals surface area contributed by atoms with Crippen LogP contribution in [0.25, 0.3) is 0 Å². The van der Waals surface area contributed by atoms with Crippen LogP contribution in [0.4, 0.5) is 5.69 Å². The first kappa shape index (κ1) is 13.6. The smallest absolute Gasteiger partial charge is 0.196 e. The third-order valence-electron chi connectivity index (χ3n) is 3.46. The minimum absolute atomic E-state index is 0.207. The second kappa shape index (κ2) is 5.58. The summed E-state index contributed by atoms with van der Waals surface area (Å²) in [5, 5.41) is 0. The van der Waals surface area contributed by atoms with E-state index in [1.54, 1.807) is 0 Å². The average Bonchev–Trinajstić information content (AvgIpc) is 3.06. The molecule has 3 nitrogen and oxygen atoms in total. The van der Waals surface area contributed by atoms with Crippen molar-refractivity contribution < 1.29 is 0 Å². The van der Waals surface area contributed by atoms with Crippen molar-refractivity contribution in [1.82, 2.24) is 0 Å². The van der Waals surface area contributed by atoms with Gasteiger partial charge in [-0.1, -0.05) is 19.1 Å². The fraction of sp³-hybridized carbons (Fsp3) is 0.267. The first-order valence-electron chi connectivity index (χ1n) is 6.63. The number of guanidine groups is 1. The van der Waals surface area contributed by atoms with Crippen LogP contribution in [0.3, 0.4) is 0 Å². The Morgan fingerprint density at radius 1 is 1.35 bits per heavy atom. The maximum atomic E-state index is 6.11. The number of thiophene rings is 1. The van der Waals surface area contributed by atoms with E-state index in [-0.39, 0.29) is 6.04 Å². The van der Waals surface area contributed by atoms with Crippen molar-refractivity contribution in [2.45, 2.75) is 19.4 Å². The number of hydrogen-bond donors (Lipinski definition) is 1. The van der Waals surface area contributed by atoms with E-state index in [4.69, 9.17) is 5.73 Å². The van der Waals surface area contributed by atoms with Gasteiger partial charge in [-0.15, -0.1) is 11.3 Å². The van der Waals surface area contributed by atoms with Crippen molar-refractivity contribution >= 4 is 38.9 Å². The molecule has 5 heteroatoms. The van der Waals surface area contributed by atoms with Crippen LogP contribution >= 0.6 is 27.3 Å². The molecule has 0 aliphatic carbocycles. The van der Waals surface area contributed by atoms with Gasteiger partial charge in [0.25, 0.3) is 0 Å². The molecule has 0 saturated heterocycles. The number of halogens is 1. The van der Waals surface area contributed by atoms with Gasteiger partial charge in [-0.3, -0.25) is 4.99 Å². The number of nitrogens with two attached hydrogens (primary N) is 1. The Bertz CT molecular complexity index is 650. The van der Waals surface area contributed by atoms with E-state index < -0.39 is 0 Å². The van der Waals surface area contributed by atoms with E-state index in [0.717, 1.165) is 23.1 Å². The lowest BCUT2D eigenvalue weighted by molar-refractivity contribution is 0.783. The van der Waals surface area contributed by atoms with Gasteiger partial charge in [0.2, 0.25) is 0 Å². The van der Waals surface area contributed by atoms with Crippen molar-refractivity contribution in [2.24, 2.45) is 10.7 Å². The molecule has 1 aromatic carbocycles. The topological polar surface area (TPSA) is 41.6 Å². The molecule has 1 atom stereocenters. The van der Waals surface area contributed by atoms with Crippen LogP contribution in [-0.2, 0) is 6.42 Å². The van der Waals surface area contributed by atoms with Crippen LogP contribution in [-0.4, -0.2) is 12.5 Å². The van der Waals surface area contributed by atoms with Crippen molar-refractivity contribution in [1.29, 1.82) is 0 Å². The summed E-state index contributed by atoms with van der Waals surface area (Å²) in [6, 6.07) is 12.7. The molecular formula is C15H16BrN3S. The first-order chi connectivity index (χ1) is 9.70. The standard InChI is InChI=1S/C15H16BrN3S/c1-2-10-7-8-14(20-10)13-9-18-15(17)19(13)12-6-4-3-5-11(12)16/h3-8,13H,2,9H2,1H3,(H2,17,18). The summed E-state index contributed by atoms with van der Waals surface area (Å²) in [6.45, 7) is 2.90. The summed E-state index contributed by atoms with van der Waals surface area (Å²) in [5.41, 5.74) is 7.18. The second-order valence-electron chi connectivity index (χ2n) is 4.69. The van der Waals surface area contributed by atoms with Crippen molar-refractivity contribution in [3.63, 3.8) is 0 Å². The molecule has 1 aromatic heterocycles. The molecule has 0 spiro atoms. The molecule has 20 heavy (non-hydrogen) atoms. The highest BCUT2D eigenvalue weighted by molar-refractivity contribution is 9.10. The van der Waals surface area contributed by atoms with E-state index in [1.807, 2.05) is 29.5 Å². The largest absolute Gasteiger partial charge is 0.369 e. The highest BCUT2D eigenvalue weighted by Gasteiger charge is 2.30. The van der Waals surface area contributed by atoms with Gasteiger partial charge < -0.3 is 10.6 Å². The van der Waals surface area contributed by atoms with Gasteiger partial charge >= 0.3 is 0 Å². The quantitative estimate of drug-likeness (QED) is 0.911. The summed E-state index contributed by atoms with van der Waals surface area (Å²) in [4.78, 5) is 9.28. The zero-order valence-corrected chi connectivity index (χ0v) is 13.6. The summed E-state index contributed by atoms with van der Waals surface area (Å²) in [5.74, 6) is 0.591. The molecule has 1 aliphatic heterocycles. The number of benzene rings is 1. The van der Waals surface area contributed by atoms with Gasteiger partial charge in [-0.25, -0.2) is 0 Å². The molecule has 104 valence electrons. The lowest BCUT2D eigenvalue weighted by Crippen LogP contribution is -2.36. The maximum absolute atomic E-state index is 6.11. The summed E-state index contributed by atoms with van der Waals surface area (Å²) in [6.07, 6.45) is 1.07. The maximum Gasteiger partial charge on any atom is 0.196 e. The molecule has 3 rings (SSSR count). The van der Waals surface area contributed by atoms with Crippen LogP contribution < -0.4 is 10.6 Å². The minimum Gasteiger partial charge on any atom is -0.369 e. The molecule has 0 radical (unpaired) electrons. The van der Waals surface area contributed by atoms with Crippen LogP contribution in [0, 0.1) is 0 Å². The third kappa shape index (κ3) is 2.36. The normalized spacial score (nSPS) is 18.4. The SMILES string of the molecule is CCc1ccc(C2CN=C(N)N2c2ccccc2Br)s1. The Labute approximate surface area is 131 Å². The Kier molecular flexibility index (Phi) is 3.81. The molecule has 0 fully saturated rings. The molecule has 2 N–H and O–H groups in total. The van der Waals surface area contributed by atoms with Crippen molar-refractivity contribution in [3.05, 3.63) is 50.6 Å². The van der Waals surface area contributed by atoms with E-state index in [2.05, 4.69) is 50.9 Å². The lowest BCUT2D eigenvalue weighted by Gasteiger charge is -2.26. The molecule has 1 aliphatic rings. The first-order valence-corrected chi connectivity index (χ1v) is 8.24. The Morgan fingerprint density at radius 3 is 2.85 bits per heavy atom. The summed E-state index contributed by atoms with van der Waals surface area (Å²) >= 11 is 5.45. The van der Waals surface area contributed by atoms with Crippen molar-refractivity contribution in [3.8, 4) is 0 Å². The number of hydrogen-bond acceptors (Lipinski definition) is 4. The Morgan fingerprint density at radius 2 is 2.15 bits per heavy atom. The zero-order valence-electron chi connectivity index (χ0n) is 11.2. The van der Waals surface area contributed by atoms with Gasteiger partial charge in [-0.2, -0.15) is 0 Å². The van der Waals surface area contributed by atoms with E-state index in [0.29, 0.717) is 5.96 Å². The fourth-order valence-electron chi connectivity index (χ4n) is 2.42. The molecule has 0 saturated carbocycles. The van der Waals surface area contributed by atoms with Gasteiger partial charge in [0, 0.05) is 14.2 Å². The molecular weight excluding hydrogens is 334 g/mol. The van der Waals surface area contributed by atoms with Crippen LogP contribution in [0.1, 0.15) is 22.7 Å². The number of nitrogens with zero attached hydrogens (tertiary/aromatic N) is 2. The molecule has 0 amide bonds. The summed E-state index contributed by atoms with van der Waals surface area (Å²) in [7, 11) is 0. The lowest BCUT2D eigenvalue weighted by atomic mass is 10.2. The van der Waals surface area contributed by atoms with Crippen LogP contribution in [0.15, 0.2) is 45.9 Å². The van der Waals surface area contributed by atoms with E-state index >= 15 is 0 Å². The molecule has 2 aromatic rings. The van der Waals surface area contributed by atoms with E-state index in [9.17, 15) is 0 Å².